The fraction of sp³-hybridized carbons (Fsp3) is 1.00. The predicted octanol–water partition coefficient (Wildman–Crippen LogP) is 3.79. The van der Waals surface area contributed by atoms with Crippen molar-refractivity contribution >= 4 is 0 Å². The van der Waals surface area contributed by atoms with Gasteiger partial charge in [-0.1, -0.05) is 20.8 Å². The molecule has 4 fully saturated rings. The first-order valence-electron chi connectivity index (χ1n) is 17.1. The summed E-state index contributed by atoms with van der Waals surface area (Å²) in [7, 11) is 0. The maximum atomic E-state index is 11.0. The van der Waals surface area contributed by atoms with Gasteiger partial charge in [-0.3, -0.25) is 0 Å². The molecule has 4 rings (SSSR count). The first-order valence-corrected chi connectivity index (χ1v) is 16.1. The van der Waals surface area contributed by atoms with Crippen molar-refractivity contribution in [1.29, 1.82) is 0 Å². The van der Waals surface area contributed by atoms with E-state index in [2.05, 4.69) is 6.92 Å². The standard InChI is InChI=1S/C22H40O7.C11H22O3/c1-7-13-9-14-15(10-26-13)20(29-22(4,5)6)21(19(25)18(14)24)28-16-8-11(2)17(23)12(3)27-16;1-7-6-9(14-11(3,4)5)13-8(2)10(7)12/h11-21,23-25H,7-10H2,1-6H3;7-10,12H,6H2,1-5H3/i11T;7T. The van der Waals surface area contributed by atoms with E-state index in [1.165, 1.54) is 0 Å². The van der Waals surface area contributed by atoms with Gasteiger partial charge in [0.25, 0.3) is 0 Å². The lowest BCUT2D eigenvalue weighted by Crippen LogP contribution is -2.65. The van der Waals surface area contributed by atoms with E-state index in [4.69, 9.17) is 31.2 Å². The molecular formula is C33H62O10. The summed E-state index contributed by atoms with van der Waals surface area (Å²) in [4.78, 5) is 0. The van der Waals surface area contributed by atoms with Crippen LogP contribution in [-0.2, 0) is 28.4 Å². The zero-order valence-electron chi connectivity index (χ0n) is 30.3. The number of hydrogen-bond acceptors (Lipinski definition) is 10. The molecule has 1 saturated carbocycles. The van der Waals surface area contributed by atoms with Gasteiger partial charge in [-0.05, 0) is 85.9 Å². The van der Waals surface area contributed by atoms with Gasteiger partial charge in [0, 0.05) is 21.5 Å². The molecule has 3 saturated heterocycles. The predicted molar refractivity (Wildman–Crippen MR) is 162 cm³/mol. The van der Waals surface area contributed by atoms with Gasteiger partial charge in [0.1, 0.15) is 12.2 Å². The molecule has 0 radical (unpaired) electrons. The molecule has 0 amide bonds. The lowest BCUT2D eigenvalue weighted by Gasteiger charge is -2.53. The molecule has 1 aliphatic carbocycles. The Kier molecular flexibility index (Phi) is 11.8. The van der Waals surface area contributed by atoms with Crippen LogP contribution in [0.5, 0.6) is 0 Å². The molecule has 4 N–H and O–H groups in total. The van der Waals surface area contributed by atoms with Gasteiger partial charge >= 0.3 is 0 Å². The van der Waals surface area contributed by atoms with E-state index in [0.29, 0.717) is 19.4 Å². The van der Waals surface area contributed by atoms with E-state index in [1.807, 2.05) is 41.5 Å². The molecule has 10 nitrogen and oxygen atoms in total. The van der Waals surface area contributed by atoms with Crippen molar-refractivity contribution in [2.45, 2.75) is 181 Å². The van der Waals surface area contributed by atoms with Crippen LogP contribution in [0.25, 0.3) is 0 Å². The first-order chi connectivity index (χ1) is 20.5. The smallest absolute Gasteiger partial charge is 0.159 e. The summed E-state index contributed by atoms with van der Waals surface area (Å²) in [6.07, 6.45) is -5.06. The first kappa shape index (κ1) is 33.9. The Balaban J connectivity index is 0.000000309. The summed E-state index contributed by atoms with van der Waals surface area (Å²) in [6.45, 7) is 21.0. The summed E-state index contributed by atoms with van der Waals surface area (Å²) >= 11 is 0. The van der Waals surface area contributed by atoms with Gasteiger partial charge < -0.3 is 48.8 Å². The lowest BCUT2D eigenvalue weighted by molar-refractivity contribution is -0.313. The van der Waals surface area contributed by atoms with Crippen molar-refractivity contribution < 1.29 is 51.6 Å². The summed E-state index contributed by atoms with van der Waals surface area (Å²) in [6, 6.07) is 0. The van der Waals surface area contributed by atoms with Gasteiger partial charge in [-0.2, -0.15) is 0 Å². The van der Waals surface area contributed by atoms with E-state index < -0.39 is 72.7 Å². The number of fused-ring (bicyclic) bond motifs is 1. The third kappa shape index (κ3) is 10.0. The van der Waals surface area contributed by atoms with Crippen molar-refractivity contribution in [1.82, 2.24) is 0 Å². The van der Waals surface area contributed by atoms with Crippen LogP contribution in [0.4, 0.5) is 0 Å². The SMILES string of the molecule is [3H]C1(C)CC(OC(C)(C)C)OC(C)C1O.[3H]C1(C)CC(OC2C(O)C(O)C3CC(CC)OCC3C2OC(C)(C)C)OC(C)C1O. The highest BCUT2D eigenvalue weighted by molar-refractivity contribution is 5.02. The fourth-order valence-corrected chi connectivity index (χ4v) is 6.55. The van der Waals surface area contributed by atoms with Gasteiger partial charge in [0.15, 0.2) is 12.6 Å². The molecule has 15 atom stereocenters. The molecule has 15 unspecified atom stereocenters. The number of rotatable bonds is 5. The monoisotopic (exact) mass is 622 g/mol. The third-order valence-electron chi connectivity index (χ3n) is 8.83. The van der Waals surface area contributed by atoms with Gasteiger partial charge in [-0.25, -0.2) is 0 Å². The maximum absolute atomic E-state index is 11.0. The van der Waals surface area contributed by atoms with Crippen molar-refractivity contribution in [2.75, 3.05) is 6.61 Å². The number of ether oxygens (including phenoxy) is 6. The molecule has 3 heterocycles. The minimum Gasteiger partial charge on any atom is -0.390 e. The minimum atomic E-state index is -1.14. The summed E-state index contributed by atoms with van der Waals surface area (Å²) < 4.78 is 52.0. The second-order valence-corrected chi connectivity index (χ2v) is 15.0. The largest absolute Gasteiger partial charge is 0.390 e. The number of hydrogen-bond donors (Lipinski definition) is 4. The molecule has 0 aromatic heterocycles. The van der Waals surface area contributed by atoms with E-state index in [9.17, 15) is 20.4 Å². The van der Waals surface area contributed by atoms with Crippen molar-refractivity contribution in [3.05, 3.63) is 0 Å². The van der Waals surface area contributed by atoms with E-state index in [1.54, 1.807) is 27.7 Å². The molecule has 4 aliphatic rings. The van der Waals surface area contributed by atoms with Gasteiger partial charge in [0.05, 0.1) is 60.5 Å². The normalized spacial score (nSPS) is 50.1. The van der Waals surface area contributed by atoms with Crippen LogP contribution in [0.15, 0.2) is 0 Å². The zero-order chi connectivity index (χ0) is 34.3. The van der Waals surface area contributed by atoms with Crippen LogP contribution in [-0.4, -0.2) is 106 Å². The maximum Gasteiger partial charge on any atom is 0.159 e. The van der Waals surface area contributed by atoms with Crippen LogP contribution >= 0.6 is 0 Å². The van der Waals surface area contributed by atoms with Crippen molar-refractivity contribution in [3.8, 4) is 0 Å². The highest BCUT2D eigenvalue weighted by Gasteiger charge is 2.55. The van der Waals surface area contributed by atoms with E-state index in [-0.39, 0.29) is 36.1 Å². The average Bonchev–Trinajstić information content (AvgIpc) is 2.89. The quantitative estimate of drug-likeness (QED) is 0.359. The highest BCUT2D eigenvalue weighted by Crippen LogP contribution is 2.43. The van der Waals surface area contributed by atoms with Crippen LogP contribution in [0, 0.1) is 23.6 Å². The second kappa shape index (κ2) is 15.0. The Morgan fingerprint density at radius 1 is 0.674 bits per heavy atom. The Labute approximate surface area is 262 Å². The van der Waals surface area contributed by atoms with E-state index in [0.717, 1.165) is 6.42 Å². The summed E-state index contributed by atoms with van der Waals surface area (Å²) in [5, 5.41) is 42.0. The van der Waals surface area contributed by atoms with Crippen LogP contribution in [0.3, 0.4) is 0 Å². The molecule has 254 valence electrons. The highest BCUT2D eigenvalue weighted by atomic mass is 16.7. The van der Waals surface area contributed by atoms with Crippen molar-refractivity contribution in [3.63, 3.8) is 0 Å². The lowest BCUT2D eigenvalue weighted by atomic mass is 9.69. The van der Waals surface area contributed by atoms with Crippen LogP contribution in [0.1, 0.15) is 105 Å². The second-order valence-electron chi connectivity index (χ2n) is 15.0. The average molecular weight is 623 g/mol. The number of aliphatic hydroxyl groups is 4. The Bertz CT molecular complexity index is 937. The molecule has 3 aliphatic heterocycles. The summed E-state index contributed by atoms with van der Waals surface area (Å²) in [5.41, 5.74) is -0.774. The third-order valence-corrected chi connectivity index (χ3v) is 8.83. The summed E-state index contributed by atoms with van der Waals surface area (Å²) in [5.74, 6) is -2.29. The van der Waals surface area contributed by atoms with Crippen LogP contribution in [0.2, 0.25) is 0 Å². The zero-order valence-corrected chi connectivity index (χ0v) is 28.3. The Morgan fingerprint density at radius 3 is 1.67 bits per heavy atom. The minimum absolute atomic E-state index is 0.0638. The number of aliphatic hydroxyl groups excluding tert-OH is 4. The topological polar surface area (TPSA) is 136 Å². The Morgan fingerprint density at radius 2 is 1.19 bits per heavy atom. The molecule has 0 bridgehead atoms. The molecule has 0 aromatic carbocycles. The van der Waals surface area contributed by atoms with E-state index >= 15 is 0 Å². The van der Waals surface area contributed by atoms with Crippen molar-refractivity contribution in [2.24, 2.45) is 23.6 Å². The van der Waals surface area contributed by atoms with Gasteiger partial charge in [-0.15, -0.1) is 0 Å². The molecule has 43 heavy (non-hydrogen) atoms. The Hall–Kier alpha value is -0.400. The van der Waals surface area contributed by atoms with Crippen LogP contribution < -0.4 is 0 Å². The molecule has 10 heteroatoms. The molecule has 0 aromatic rings. The molecule has 0 spiro atoms. The fourth-order valence-electron chi connectivity index (χ4n) is 6.55. The molecular weight excluding hydrogens is 556 g/mol. The van der Waals surface area contributed by atoms with Gasteiger partial charge in [0.2, 0.25) is 0 Å².